The molecule has 1 aromatic heterocycles. The molecule has 4 amide bonds. The van der Waals surface area contributed by atoms with Crippen molar-refractivity contribution in [3.8, 4) is 0 Å². The topological polar surface area (TPSA) is 111 Å². The lowest BCUT2D eigenvalue weighted by atomic mass is 9.98. The second-order valence-corrected chi connectivity index (χ2v) is 8.32. The summed E-state index contributed by atoms with van der Waals surface area (Å²) in [6, 6.07) is 0. The second kappa shape index (κ2) is 8.54. The van der Waals surface area contributed by atoms with E-state index in [1.165, 1.54) is 17.2 Å². The molecule has 2 aliphatic heterocycles. The Morgan fingerprint density at radius 2 is 1.58 bits per heavy atom. The van der Waals surface area contributed by atoms with Crippen molar-refractivity contribution in [2.75, 3.05) is 32.7 Å². The molecule has 0 aromatic carbocycles. The van der Waals surface area contributed by atoms with E-state index in [9.17, 15) is 37.5 Å². The monoisotopic (exact) mass is 462 g/mol. The number of piperazine rings is 1. The number of alkyl halides is 3. The number of hydrogen-bond donors (Lipinski definition) is 1. The fourth-order valence-electron chi connectivity index (χ4n) is 3.41. The highest BCUT2D eigenvalue weighted by Crippen LogP contribution is 2.43. The van der Waals surface area contributed by atoms with Gasteiger partial charge >= 0.3 is 6.18 Å². The third kappa shape index (κ3) is 4.71. The Labute approximate surface area is 179 Å². The van der Waals surface area contributed by atoms with Crippen molar-refractivity contribution in [3.63, 3.8) is 0 Å². The van der Waals surface area contributed by atoms with Crippen LogP contribution in [0.1, 0.15) is 30.0 Å². The summed E-state index contributed by atoms with van der Waals surface area (Å²) in [5.41, 5.74) is -3.09. The molecule has 1 atom stereocenters. The molecule has 0 saturated carbocycles. The first-order valence-electron chi connectivity index (χ1n) is 9.53. The number of thiazole rings is 1. The first-order valence-corrected chi connectivity index (χ1v) is 10.4. The minimum Gasteiger partial charge on any atom is -0.374 e. The van der Waals surface area contributed by atoms with E-state index in [-0.39, 0.29) is 45.6 Å². The molecule has 0 spiro atoms. The van der Waals surface area contributed by atoms with Crippen LogP contribution in [-0.4, -0.2) is 87.3 Å². The van der Waals surface area contributed by atoms with Crippen LogP contribution in [0.3, 0.4) is 0 Å². The van der Waals surface area contributed by atoms with Gasteiger partial charge in [0.1, 0.15) is 11.6 Å². The number of likely N-dealkylation sites (tertiary alicyclic amines) is 1. The summed E-state index contributed by atoms with van der Waals surface area (Å²) in [4.78, 5) is 55.2. The zero-order chi connectivity index (χ0) is 23.0. The van der Waals surface area contributed by atoms with Crippen LogP contribution < -0.4 is 0 Å². The van der Waals surface area contributed by atoms with Gasteiger partial charge in [0.25, 0.3) is 0 Å². The van der Waals surface area contributed by atoms with Gasteiger partial charge in [0.15, 0.2) is 0 Å². The third-order valence-electron chi connectivity index (χ3n) is 5.28. The van der Waals surface area contributed by atoms with E-state index in [2.05, 4.69) is 4.98 Å². The molecule has 2 aliphatic rings. The van der Waals surface area contributed by atoms with Crippen LogP contribution in [0.25, 0.3) is 0 Å². The smallest absolute Gasteiger partial charge is 0.374 e. The number of rotatable bonds is 5. The Bertz CT molecular complexity index is 881. The molecule has 3 rings (SSSR count). The number of aryl methyl sites for hydroxylation is 1. The quantitative estimate of drug-likeness (QED) is 0.635. The second-order valence-electron chi connectivity index (χ2n) is 7.46. The minimum atomic E-state index is -5.10. The number of nitrogens with zero attached hydrogens (tertiary/aromatic N) is 4. The van der Waals surface area contributed by atoms with Gasteiger partial charge in [0.05, 0.1) is 6.42 Å². The number of carbonyl (C=O) groups excluding carboxylic acids is 4. The van der Waals surface area contributed by atoms with Gasteiger partial charge in [-0.1, -0.05) is 0 Å². The predicted molar refractivity (Wildman–Crippen MR) is 101 cm³/mol. The van der Waals surface area contributed by atoms with Crippen LogP contribution >= 0.6 is 11.3 Å². The summed E-state index contributed by atoms with van der Waals surface area (Å²) in [6.45, 7) is 1.12. The molecule has 0 aliphatic carbocycles. The minimum absolute atomic E-state index is 0.0305. The van der Waals surface area contributed by atoms with Gasteiger partial charge in [0.2, 0.25) is 29.2 Å². The first kappa shape index (κ1) is 23.1. The highest BCUT2D eigenvalue weighted by molar-refractivity contribution is 7.09. The normalized spacial score (nSPS) is 19.7. The largest absolute Gasteiger partial charge is 0.424 e. The summed E-state index contributed by atoms with van der Waals surface area (Å²) >= 11 is 0.627. The Hall–Kier alpha value is -2.54. The van der Waals surface area contributed by atoms with Gasteiger partial charge in [-0.05, 0) is 6.92 Å². The first-order chi connectivity index (χ1) is 14.4. The Kier molecular flexibility index (Phi) is 6.37. The van der Waals surface area contributed by atoms with Gasteiger partial charge in [-0.25, -0.2) is 4.98 Å². The Morgan fingerprint density at radius 3 is 2.03 bits per heavy atom. The SMILES string of the molecule is Cc1csc(C(O)(CC(=O)N2CCN(C(=O)CN3C(=O)CCC3=O)CC2)C(F)(F)F)n1. The zero-order valence-corrected chi connectivity index (χ0v) is 17.5. The number of hydrogen-bond acceptors (Lipinski definition) is 7. The molecule has 1 N–H and O–H groups in total. The zero-order valence-electron chi connectivity index (χ0n) is 16.6. The lowest BCUT2D eigenvalue weighted by Crippen LogP contribution is -2.54. The number of carbonyl (C=O) groups is 4. The maximum Gasteiger partial charge on any atom is 0.424 e. The van der Waals surface area contributed by atoms with Crippen molar-refractivity contribution in [1.82, 2.24) is 19.7 Å². The molecule has 2 fully saturated rings. The van der Waals surface area contributed by atoms with Gasteiger partial charge in [-0.15, -0.1) is 11.3 Å². The molecule has 13 heteroatoms. The van der Waals surface area contributed by atoms with Crippen LogP contribution in [-0.2, 0) is 24.8 Å². The van der Waals surface area contributed by atoms with Crippen LogP contribution in [0.5, 0.6) is 0 Å². The Morgan fingerprint density at radius 1 is 1.06 bits per heavy atom. The van der Waals surface area contributed by atoms with E-state index < -0.39 is 46.8 Å². The summed E-state index contributed by atoms with van der Waals surface area (Å²) < 4.78 is 40.8. The molecule has 1 aromatic rings. The lowest BCUT2D eigenvalue weighted by molar-refractivity contribution is -0.268. The molecule has 9 nitrogen and oxygen atoms in total. The lowest BCUT2D eigenvalue weighted by Gasteiger charge is -2.37. The number of halogens is 3. The van der Waals surface area contributed by atoms with E-state index in [4.69, 9.17) is 0 Å². The fourth-order valence-corrected chi connectivity index (χ4v) is 4.33. The molecule has 1 unspecified atom stereocenters. The van der Waals surface area contributed by atoms with E-state index in [1.54, 1.807) is 0 Å². The molecule has 170 valence electrons. The van der Waals surface area contributed by atoms with E-state index >= 15 is 0 Å². The summed E-state index contributed by atoms with van der Waals surface area (Å²) in [5.74, 6) is -2.22. The Balaban J connectivity index is 1.60. The third-order valence-corrected chi connectivity index (χ3v) is 6.39. The summed E-state index contributed by atoms with van der Waals surface area (Å²) in [6.07, 6.45) is -6.18. The maximum atomic E-state index is 13.6. The number of aliphatic hydroxyl groups is 1. The standard InChI is InChI=1S/C18H21F3N4O5S/c1-11-10-31-16(22-11)17(30,18(19,20)21)8-14(28)23-4-6-24(7-5-23)15(29)9-25-12(26)2-3-13(25)27/h10,30H,2-9H2,1H3. The van der Waals surface area contributed by atoms with Crippen molar-refractivity contribution in [2.24, 2.45) is 0 Å². The van der Waals surface area contributed by atoms with Crippen LogP contribution in [0.4, 0.5) is 13.2 Å². The van der Waals surface area contributed by atoms with Crippen molar-refractivity contribution in [2.45, 2.75) is 38.0 Å². The van der Waals surface area contributed by atoms with Gasteiger partial charge in [0, 0.05) is 50.1 Å². The van der Waals surface area contributed by atoms with Crippen LogP contribution in [0.15, 0.2) is 5.38 Å². The highest BCUT2D eigenvalue weighted by Gasteiger charge is 2.58. The summed E-state index contributed by atoms with van der Waals surface area (Å²) in [5, 5.41) is 11.1. The molecule has 0 bridgehead atoms. The molecule has 2 saturated heterocycles. The average Bonchev–Trinajstić information content (AvgIpc) is 3.28. The number of imide groups is 1. The number of amides is 4. The highest BCUT2D eigenvalue weighted by atomic mass is 32.1. The fraction of sp³-hybridized carbons (Fsp3) is 0.611. The van der Waals surface area contributed by atoms with Gasteiger partial charge in [-0.3, -0.25) is 24.1 Å². The molecular weight excluding hydrogens is 441 g/mol. The van der Waals surface area contributed by atoms with Crippen molar-refractivity contribution in [1.29, 1.82) is 0 Å². The number of aromatic nitrogens is 1. The van der Waals surface area contributed by atoms with Gasteiger partial charge in [-0.2, -0.15) is 13.2 Å². The summed E-state index contributed by atoms with van der Waals surface area (Å²) in [7, 11) is 0. The van der Waals surface area contributed by atoms with Gasteiger partial charge < -0.3 is 14.9 Å². The van der Waals surface area contributed by atoms with E-state index in [0.29, 0.717) is 17.0 Å². The van der Waals surface area contributed by atoms with Crippen molar-refractivity contribution < 1.29 is 37.5 Å². The van der Waals surface area contributed by atoms with Crippen molar-refractivity contribution in [3.05, 3.63) is 16.1 Å². The predicted octanol–water partition coefficient (Wildman–Crippen LogP) is 0.411. The molecule has 3 heterocycles. The molecule has 0 radical (unpaired) electrons. The average molecular weight is 462 g/mol. The molecular formula is C18H21F3N4O5S. The maximum absolute atomic E-state index is 13.6. The van der Waals surface area contributed by atoms with E-state index in [0.717, 1.165) is 9.80 Å². The van der Waals surface area contributed by atoms with Crippen molar-refractivity contribution >= 4 is 35.0 Å². The van der Waals surface area contributed by atoms with Crippen LogP contribution in [0, 0.1) is 6.92 Å². The molecule has 31 heavy (non-hydrogen) atoms. The van der Waals surface area contributed by atoms with Crippen LogP contribution in [0.2, 0.25) is 0 Å². The van der Waals surface area contributed by atoms with E-state index in [1.807, 2.05) is 0 Å².